The van der Waals surface area contributed by atoms with E-state index in [1.807, 2.05) is 19.1 Å². The third kappa shape index (κ3) is 3.07. The summed E-state index contributed by atoms with van der Waals surface area (Å²) < 4.78 is 0. The van der Waals surface area contributed by atoms with Crippen molar-refractivity contribution in [3.05, 3.63) is 46.4 Å². The molecule has 3 aromatic heterocycles. The van der Waals surface area contributed by atoms with Crippen LogP contribution in [-0.4, -0.2) is 32.1 Å². The minimum Gasteiger partial charge on any atom is -0.477 e. The van der Waals surface area contributed by atoms with Crippen molar-refractivity contribution in [2.75, 3.05) is 5.32 Å². The molecule has 0 radical (unpaired) electrons. The molecule has 6 nitrogen and oxygen atoms in total. The Kier molecular flexibility index (Phi) is 4.44. The number of aromatic nitrogens is 3. The highest BCUT2D eigenvalue weighted by molar-refractivity contribution is 7.20. The van der Waals surface area contributed by atoms with Crippen LogP contribution in [0.25, 0.3) is 10.2 Å². The van der Waals surface area contributed by atoms with Crippen molar-refractivity contribution < 1.29 is 9.90 Å². The molecule has 0 saturated carbocycles. The van der Waals surface area contributed by atoms with Crippen LogP contribution in [0.5, 0.6) is 0 Å². The first kappa shape index (κ1) is 16.3. The van der Waals surface area contributed by atoms with Gasteiger partial charge in [0.1, 0.15) is 21.9 Å². The first-order valence-electron chi connectivity index (χ1n) is 7.61. The molecule has 124 valence electrons. The van der Waals surface area contributed by atoms with Crippen molar-refractivity contribution in [3.8, 4) is 0 Å². The molecule has 24 heavy (non-hydrogen) atoms. The van der Waals surface area contributed by atoms with E-state index < -0.39 is 5.97 Å². The number of carboxylic acid groups (broad SMARTS) is 1. The number of anilines is 1. The summed E-state index contributed by atoms with van der Waals surface area (Å²) in [4.78, 5) is 25.3. The molecule has 1 unspecified atom stereocenters. The van der Waals surface area contributed by atoms with Crippen molar-refractivity contribution >= 4 is 33.3 Å². The first-order valence-corrected chi connectivity index (χ1v) is 8.43. The van der Waals surface area contributed by atoms with E-state index in [0.717, 1.165) is 23.1 Å². The molecule has 3 aromatic rings. The fourth-order valence-corrected chi connectivity index (χ4v) is 3.68. The molecule has 7 heteroatoms. The highest BCUT2D eigenvalue weighted by Crippen LogP contribution is 2.33. The van der Waals surface area contributed by atoms with Gasteiger partial charge in [-0.3, -0.25) is 4.98 Å². The lowest BCUT2D eigenvalue weighted by Crippen LogP contribution is -2.20. The SMILES string of the molecule is Cc1cccnc1CC(C)Nc1ncnc2sc(C(=O)O)c(C)c12. The van der Waals surface area contributed by atoms with E-state index in [1.165, 1.54) is 17.7 Å². The van der Waals surface area contributed by atoms with Crippen molar-refractivity contribution in [2.24, 2.45) is 0 Å². The Morgan fingerprint density at radius 2 is 2.12 bits per heavy atom. The van der Waals surface area contributed by atoms with Crippen LogP contribution >= 0.6 is 11.3 Å². The third-order valence-corrected chi connectivity index (χ3v) is 5.11. The third-order valence-electron chi connectivity index (χ3n) is 3.92. The molecule has 0 aliphatic rings. The van der Waals surface area contributed by atoms with Gasteiger partial charge in [0.25, 0.3) is 0 Å². The van der Waals surface area contributed by atoms with Gasteiger partial charge in [-0.25, -0.2) is 14.8 Å². The average molecular weight is 342 g/mol. The van der Waals surface area contributed by atoms with E-state index in [9.17, 15) is 9.90 Å². The Bertz CT molecular complexity index is 907. The monoisotopic (exact) mass is 342 g/mol. The summed E-state index contributed by atoms with van der Waals surface area (Å²) in [5.41, 5.74) is 2.89. The minimum atomic E-state index is -0.932. The molecule has 0 aliphatic carbocycles. The number of hydrogen-bond acceptors (Lipinski definition) is 6. The fraction of sp³-hybridized carbons (Fsp3) is 0.294. The molecule has 0 spiro atoms. The second kappa shape index (κ2) is 6.52. The lowest BCUT2D eigenvalue weighted by Gasteiger charge is -2.16. The van der Waals surface area contributed by atoms with Crippen LogP contribution < -0.4 is 5.32 Å². The zero-order chi connectivity index (χ0) is 17.3. The van der Waals surface area contributed by atoms with Gasteiger partial charge in [-0.2, -0.15) is 0 Å². The Hall–Kier alpha value is -2.54. The Morgan fingerprint density at radius 3 is 2.83 bits per heavy atom. The van der Waals surface area contributed by atoms with Crippen molar-refractivity contribution in [1.29, 1.82) is 0 Å². The Labute approximate surface area is 143 Å². The number of pyridine rings is 1. The van der Waals surface area contributed by atoms with Crippen LogP contribution in [-0.2, 0) is 6.42 Å². The van der Waals surface area contributed by atoms with Gasteiger partial charge in [0.05, 0.1) is 5.39 Å². The largest absolute Gasteiger partial charge is 0.477 e. The summed E-state index contributed by atoms with van der Waals surface area (Å²) in [6, 6.07) is 4.07. The van der Waals surface area contributed by atoms with E-state index >= 15 is 0 Å². The number of carboxylic acids is 1. The van der Waals surface area contributed by atoms with Gasteiger partial charge in [-0.05, 0) is 38.0 Å². The summed E-state index contributed by atoms with van der Waals surface area (Å²) in [7, 11) is 0. The standard InChI is InChI=1S/C17H18N4O2S/c1-9-5-4-6-18-12(9)7-10(2)21-15-13-11(3)14(17(22)23)24-16(13)20-8-19-15/h4-6,8,10H,7H2,1-3H3,(H,22,23)(H,19,20,21). The molecule has 0 aromatic carbocycles. The van der Waals surface area contributed by atoms with E-state index in [4.69, 9.17) is 0 Å². The summed E-state index contributed by atoms with van der Waals surface area (Å²) in [6.07, 6.45) is 4.01. The summed E-state index contributed by atoms with van der Waals surface area (Å²) in [6.45, 7) is 5.90. The predicted octanol–water partition coefficient (Wildman–Crippen LogP) is 3.44. The Balaban J connectivity index is 1.90. The number of aromatic carboxylic acids is 1. The van der Waals surface area contributed by atoms with Gasteiger partial charge in [0.15, 0.2) is 0 Å². The van der Waals surface area contributed by atoms with Gasteiger partial charge >= 0.3 is 5.97 Å². The van der Waals surface area contributed by atoms with E-state index in [-0.39, 0.29) is 6.04 Å². The molecule has 3 rings (SSSR count). The lowest BCUT2D eigenvalue weighted by atomic mass is 10.1. The number of aryl methyl sites for hydroxylation is 2. The highest BCUT2D eigenvalue weighted by Gasteiger charge is 2.19. The van der Waals surface area contributed by atoms with Crippen LogP contribution in [0.15, 0.2) is 24.7 Å². The number of hydrogen-bond donors (Lipinski definition) is 2. The van der Waals surface area contributed by atoms with Crippen molar-refractivity contribution in [2.45, 2.75) is 33.2 Å². The second-order valence-electron chi connectivity index (χ2n) is 5.78. The van der Waals surface area contributed by atoms with Crippen LogP contribution in [0, 0.1) is 13.8 Å². The molecule has 1 atom stereocenters. The molecular formula is C17H18N4O2S. The quantitative estimate of drug-likeness (QED) is 0.738. The van der Waals surface area contributed by atoms with Crippen LogP contribution in [0.1, 0.15) is 33.4 Å². The summed E-state index contributed by atoms with van der Waals surface area (Å²) >= 11 is 1.18. The number of carbonyl (C=O) groups is 1. The minimum absolute atomic E-state index is 0.101. The zero-order valence-electron chi connectivity index (χ0n) is 13.7. The van der Waals surface area contributed by atoms with Gasteiger partial charge in [0.2, 0.25) is 0 Å². The smallest absolute Gasteiger partial charge is 0.346 e. The molecule has 0 saturated heterocycles. The molecule has 0 fully saturated rings. The molecule has 0 bridgehead atoms. The number of nitrogens with one attached hydrogen (secondary N) is 1. The average Bonchev–Trinajstić information content (AvgIpc) is 2.88. The van der Waals surface area contributed by atoms with Crippen molar-refractivity contribution in [1.82, 2.24) is 15.0 Å². The summed E-state index contributed by atoms with van der Waals surface area (Å²) in [5, 5.41) is 13.5. The van der Waals surface area contributed by atoms with Crippen molar-refractivity contribution in [3.63, 3.8) is 0 Å². The van der Waals surface area contributed by atoms with Crippen LogP contribution in [0.3, 0.4) is 0 Å². The predicted molar refractivity (Wildman–Crippen MR) is 94.9 cm³/mol. The van der Waals surface area contributed by atoms with E-state index in [2.05, 4.69) is 27.2 Å². The number of thiophene rings is 1. The van der Waals surface area contributed by atoms with Gasteiger partial charge in [-0.15, -0.1) is 11.3 Å². The number of fused-ring (bicyclic) bond motifs is 1. The molecule has 0 aliphatic heterocycles. The Morgan fingerprint density at radius 1 is 1.33 bits per heavy atom. The van der Waals surface area contributed by atoms with E-state index in [1.54, 1.807) is 13.1 Å². The van der Waals surface area contributed by atoms with Crippen LogP contribution in [0.4, 0.5) is 5.82 Å². The zero-order valence-corrected chi connectivity index (χ0v) is 14.5. The van der Waals surface area contributed by atoms with Crippen LogP contribution in [0.2, 0.25) is 0 Å². The number of rotatable bonds is 5. The lowest BCUT2D eigenvalue weighted by molar-refractivity contribution is 0.0701. The second-order valence-corrected chi connectivity index (χ2v) is 6.78. The normalized spacial score (nSPS) is 12.3. The summed E-state index contributed by atoms with van der Waals surface area (Å²) in [5.74, 6) is -0.263. The maximum absolute atomic E-state index is 11.3. The highest BCUT2D eigenvalue weighted by atomic mass is 32.1. The molecule has 3 heterocycles. The molecule has 2 N–H and O–H groups in total. The van der Waals surface area contributed by atoms with Gasteiger partial charge < -0.3 is 10.4 Å². The number of nitrogens with zero attached hydrogens (tertiary/aromatic N) is 3. The van der Waals surface area contributed by atoms with E-state index in [0.29, 0.717) is 21.1 Å². The van der Waals surface area contributed by atoms with Gasteiger partial charge in [-0.1, -0.05) is 6.07 Å². The maximum Gasteiger partial charge on any atom is 0.346 e. The molecule has 0 amide bonds. The first-order chi connectivity index (χ1) is 11.5. The maximum atomic E-state index is 11.3. The van der Waals surface area contributed by atoms with Gasteiger partial charge in [0, 0.05) is 24.4 Å². The topological polar surface area (TPSA) is 88.0 Å². The molecular weight excluding hydrogens is 324 g/mol. The fourth-order valence-electron chi connectivity index (χ4n) is 2.69.